The Balaban J connectivity index is 2.15. The highest BCUT2D eigenvalue weighted by molar-refractivity contribution is 7.09. The molecule has 0 amide bonds. The molecule has 0 fully saturated rings. The number of nitriles is 1. The van der Waals surface area contributed by atoms with Crippen molar-refractivity contribution in [2.45, 2.75) is 0 Å². The first-order valence-corrected chi connectivity index (χ1v) is 4.58. The fraction of sp³-hybridized carbons (Fsp3) is 0. The minimum absolute atomic E-state index is 0.630. The molecule has 0 unspecified atom stereocenters. The Morgan fingerprint density at radius 3 is 2.64 bits per heavy atom. The smallest absolute Gasteiger partial charge is 0.229 e. The molecule has 0 bridgehead atoms. The first-order valence-electron chi connectivity index (χ1n) is 3.81. The lowest BCUT2D eigenvalue weighted by Gasteiger charge is -1.99. The minimum atomic E-state index is 0.630. The third kappa shape index (κ3) is 1.84. The molecule has 1 aromatic carbocycles. The molecule has 2 rings (SSSR count). The minimum Gasteiger partial charge on any atom is -0.329 e. The molecule has 1 N–H and O–H groups in total. The van der Waals surface area contributed by atoms with Crippen molar-refractivity contribution < 1.29 is 0 Å². The number of benzene rings is 1. The Labute approximate surface area is 84.2 Å². The highest BCUT2D eigenvalue weighted by Crippen LogP contribution is 2.16. The van der Waals surface area contributed by atoms with Gasteiger partial charge in [0, 0.05) is 17.2 Å². The second kappa shape index (κ2) is 3.81. The van der Waals surface area contributed by atoms with Crippen LogP contribution in [0.15, 0.2) is 24.3 Å². The second-order valence-electron chi connectivity index (χ2n) is 2.48. The molecule has 14 heavy (non-hydrogen) atoms. The summed E-state index contributed by atoms with van der Waals surface area (Å²) in [5, 5.41) is 19.4. The lowest BCUT2D eigenvalue weighted by atomic mass is 10.2. The standard InChI is InChI=1S/C8H5N5S/c9-5-6-1-3-7(4-2-6)10-8-11-12-13-14-8/h1-4H,(H,10,11,13). The van der Waals surface area contributed by atoms with Crippen LogP contribution in [0, 0.1) is 11.3 Å². The molecule has 1 heterocycles. The van der Waals surface area contributed by atoms with Crippen LogP contribution in [0.4, 0.5) is 10.8 Å². The summed E-state index contributed by atoms with van der Waals surface area (Å²) in [5.41, 5.74) is 1.49. The zero-order chi connectivity index (χ0) is 9.80. The van der Waals surface area contributed by atoms with Crippen molar-refractivity contribution in [1.82, 2.24) is 14.8 Å². The summed E-state index contributed by atoms with van der Waals surface area (Å²) in [5.74, 6) is 0. The molecule has 0 aliphatic rings. The van der Waals surface area contributed by atoms with Crippen LogP contribution in [0.1, 0.15) is 5.56 Å². The summed E-state index contributed by atoms with van der Waals surface area (Å²) in [6.45, 7) is 0. The molecule has 1 aromatic heterocycles. The van der Waals surface area contributed by atoms with Crippen molar-refractivity contribution in [1.29, 1.82) is 5.26 Å². The number of nitrogens with zero attached hydrogens (tertiary/aromatic N) is 4. The van der Waals surface area contributed by atoms with E-state index in [1.165, 1.54) is 11.5 Å². The van der Waals surface area contributed by atoms with Gasteiger partial charge in [0.05, 0.1) is 11.6 Å². The third-order valence-electron chi connectivity index (χ3n) is 1.56. The van der Waals surface area contributed by atoms with Gasteiger partial charge < -0.3 is 5.32 Å². The molecule has 0 saturated heterocycles. The SMILES string of the molecule is N#Cc1ccc(Nc2nnns2)cc1. The van der Waals surface area contributed by atoms with Crippen molar-refractivity contribution in [3.05, 3.63) is 29.8 Å². The molecule has 5 nitrogen and oxygen atoms in total. The quantitative estimate of drug-likeness (QED) is 0.801. The van der Waals surface area contributed by atoms with E-state index in [-0.39, 0.29) is 0 Å². The largest absolute Gasteiger partial charge is 0.329 e. The van der Waals surface area contributed by atoms with Gasteiger partial charge in [-0.3, -0.25) is 0 Å². The van der Waals surface area contributed by atoms with Gasteiger partial charge >= 0.3 is 0 Å². The van der Waals surface area contributed by atoms with E-state index in [1.54, 1.807) is 24.3 Å². The number of hydrogen-bond acceptors (Lipinski definition) is 6. The third-order valence-corrected chi connectivity index (χ3v) is 2.08. The van der Waals surface area contributed by atoms with Gasteiger partial charge in [0.2, 0.25) is 5.13 Å². The van der Waals surface area contributed by atoms with Crippen LogP contribution in [0.5, 0.6) is 0 Å². The zero-order valence-corrected chi connectivity index (χ0v) is 7.82. The topological polar surface area (TPSA) is 74.5 Å². The maximum Gasteiger partial charge on any atom is 0.229 e. The van der Waals surface area contributed by atoms with E-state index in [0.717, 1.165) is 5.69 Å². The van der Waals surface area contributed by atoms with E-state index in [0.29, 0.717) is 10.7 Å². The van der Waals surface area contributed by atoms with E-state index in [2.05, 4.69) is 20.1 Å². The van der Waals surface area contributed by atoms with Crippen LogP contribution in [0.25, 0.3) is 0 Å². The van der Waals surface area contributed by atoms with Crippen molar-refractivity contribution in [3.63, 3.8) is 0 Å². The van der Waals surface area contributed by atoms with Crippen molar-refractivity contribution in [2.75, 3.05) is 5.32 Å². The molecule has 0 atom stereocenters. The van der Waals surface area contributed by atoms with Gasteiger partial charge in [-0.05, 0) is 29.5 Å². The summed E-state index contributed by atoms with van der Waals surface area (Å²) in [6, 6.07) is 9.12. The molecular weight excluding hydrogens is 198 g/mol. The lowest BCUT2D eigenvalue weighted by molar-refractivity contribution is 0.961. The van der Waals surface area contributed by atoms with Crippen molar-refractivity contribution in [3.8, 4) is 6.07 Å². The number of aromatic nitrogens is 3. The van der Waals surface area contributed by atoms with Crippen LogP contribution in [-0.4, -0.2) is 14.8 Å². The average molecular weight is 203 g/mol. The van der Waals surface area contributed by atoms with Gasteiger partial charge in [0.25, 0.3) is 0 Å². The Morgan fingerprint density at radius 2 is 2.07 bits per heavy atom. The molecule has 0 aliphatic carbocycles. The molecule has 68 valence electrons. The highest BCUT2D eigenvalue weighted by atomic mass is 32.1. The van der Waals surface area contributed by atoms with Gasteiger partial charge in [0.15, 0.2) is 0 Å². The number of hydrogen-bond donors (Lipinski definition) is 1. The monoisotopic (exact) mass is 203 g/mol. The predicted molar refractivity (Wildman–Crippen MR) is 52.1 cm³/mol. The van der Waals surface area contributed by atoms with Crippen LogP contribution in [0.2, 0.25) is 0 Å². The Bertz CT molecular complexity index is 442. The Hall–Kier alpha value is -2.00. The Kier molecular flexibility index (Phi) is 2.34. The van der Waals surface area contributed by atoms with Gasteiger partial charge in [-0.25, -0.2) is 0 Å². The molecule has 0 spiro atoms. The van der Waals surface area contributed by atoms with Crippen LogP contribution in [-0.2, 0) is 0 Å². The van der Waals surface area contributed by atoms with E-state index in [4.69, 9.17) is 5.26 Å². The zero-order valence-electron chi connectivity index (χ0n) is 7.01. The van der Waals surface area contributed by atoms with Gasteiger partial charge in [0.1, 0.15) is 0 Å². The molecule has 0 aliphatic heterocycles. The van der Waals surface area contributed by atoms with Crippen LogP contribution < -0.4 is 5.32 Å². The predicted octanol–water partition coefficient (Wildman–Crippen LogP) is 1.55. The van der Waals surface area contributed by atoms with E-state index >= 15 is 0 Å². The van der Waals surface area contributed by atoms with Gasteiger partial charge in [-0.15, -0.1) is 0 Å². The van der Waals surface area contributed by atoms with E-state index in [9.17, 15) is 0 Å². The molecule has 0 saturated carbocycles. The number of rotatable bonds is 2. The van der Waals surface area contributed by atoms with Crippen molar-refractivity contribution in [2.24, 2.45) is 0 Å². The first kappa shape index (κ1) is 8.59. The number of anilines is 2. The van der Waals surface area contributed by atoms with E-state index < -0.39 is 0 Å². The second-order valence-corrected chi connectivity index (χ2v) is 3.21. The van der Waals surface area contributed by atoms with Crippen molar-refractivity contribution >= 4 is 22.4 Å². The molecule has 6 heteroatoms. The highest BCUT2D eigenvalue weighted by Gasteiger charge is 1.98. The fourth-order valence-corrected chi connectivity index (χ4v) is 1.32. The summed E-state index contributed by atoms with van der Waals surface area (Å²) < 4.78 is 3.62. The number of nitrogens with one attached hydrogen (secondary N) is 1. The lowest BCUT2D eigenvalue weighted by Crippen LogP contribution is -1.89. The fourth-order valence-electron chi connectivity index (χ4n) is 0.933. The van der Waals surface area contributed by atoms with Gasteiger partial charge in [-0.1, -0.05) is 9.59 Å². The van der Waals surface area contributed by atoms with Crippen LogP contribution >= 0.6 is 11.5 Å². The maximum atomic E-state index is 8.58. The average Bonchev–Trinajstić information content (AvgIpc) is 2.72. The first-order chi connectivity index (χ1) is 6.88. The maximum absolute atomic E-state index is 8.58. The normalized spacial score (nSPS) is 9.36. The summed E-state index contributed by atoms with van der Waals surface area (Å²) >= 11 is 1.18. The summed E-state index contributed by atoms with van der Waals surface area (Å²) in [6.07, 6.45) is 0. The van der Waals surface area contributed by atoms with Gasteiger partial charge in [-0.2, -0.15) is 5.26 Å². The van der Waals surface area contributed by atoms with Crippen LogP contribution in [0.3, 0.4) is 0 Å². The summed E-state index contributed by atoms with van der Waals surface area (Å²) in [4.78, 5) is 0. The molecular formula is C8H5N5S. The molecule has 0 radical (unpaired) electrons. The Morgan fingerprint density at radius 1 is 1.29 bits per heavy atom. The summed E-state index contributed by atoms with van der Waals surface area (Å²) in [7, 11) is 0. The molecule has 2 aromatic rings. The van der Waals surface area contributed by atoms with E-state index in [1.807, 2.05) is 6.07 Å².